The molecule has 2 aliphatic heterocycles. The standard InChI is InChI=1S/C15H25NO/c1-5-7-13-11(3)12(4)14-10(2)8-6-9-16(14)15(13)17/h10,12,14H,5-9H2,1-4H3. The van der Waals surface area contributed by atoms with Crippen molar-refractivity contribution in [3.63, 3.8) is 0 Å². The zero-order valence-corrected chi connectivity index (χ0v) is 11.6. The summed E-state index contributed by atoms with van der Waals surface area (Å²) in [5.41, 5.74) is 2.46. The second-order valence-corrected chi connectivity index (χ2v) is 5.81. The summed E-state index contributed by atoms with van der Waals surface area (Å²) in [6, 6.07) is 0.455. The number of carbonyl (C=O) groups is 1. The SMILES string of the molecule is CCCC1=C(C)C(C)C2C(C)CCCN2C1=O. The van der Waals surface area contributed by atoms with Gasteiger partial charge in [-0.1, -0.05) is 32.8 Å². The minimum absolute atomic E-state index is 0.332. The molecular weight excluding hydrogens is 210 g/mol. The summed E-state index contributed by atoms with van der Waals surface area (Å²) in [7, 11) is 0. The van der Waals surface area contributed by atoms with E-state index in [1.165, 1.54) is 18.4 Å². The average Bonchev–Trinajstić information content (AvgIpc) is 2.31. The molecule has 0 aliphatic carbocycles. The zero-order valence-electron chi connectivity index (χ0n) is 11.6. The number of hydrogen-bond acceptors (Lipinski definition) is 1. The molecule has 0 N–H and O–H groups in total. The van der Waals surface area contributed by atoms with Crippen molar-refractivity contribution in [2.45, 2.75) is 59.4 Å². The Labute approximate surface area is 105 Å². The summed E-state index contributed by atoms with van der Waals surface area (Å²) in [6.45, 7) is 9.91. The lowest BCUT2D eigenvalue weighted by molar-refractivity contribution is -0.135. The highest BCUT2D eigenvalue weighted by Gasteiger charge is 2.41. The van der Waals surface area contributed by atoms with Gasteiger partial charge in [-0.25, -0.2) is 0 Å². The van der Waals surface area contributed by atoms with Crippen molar-refractivity contribution in [1.82, 2.24) is 4.90 Å². The molecule has 2 rings (SSSR count). The number of carbonyl (C=O) groups excluding carboxylic acids is 1. The van der Waals surface area contributed by atoms with E-state index in [0.29, 0.717) is 23.8 Å². The summed E-state index contributed by atoms with van der Waals surface area (Å²) in [5.74, 6) is 1.53. The molecule has 0 aromatic heterocycles. The second-order valence-electron chi connectivity index (χ2n) is 5.81. The molecule has 3 unspecified atom stereocenters. The number of amides is 1. The van der Waals surface area contributed by atoms with Gasteiger partial charge < -0.3 is 4.90 Å². The van der Waals surface area contributed by atoms with Crippen molar-refractivity contribution < 1.29 is 4.79 Å². The summed E-state index contributed by atoms with van der Waals surface area (Å²) >= 11 is 0. The fourth-order valence-corrected chi connectivity index (χ4v) is 3.64. The van der Waals surface area contributed by atoms with Crippen LogP contribution in [-0.4, -0.2) is 23.4 Å². The van der Waals surface area contributed by atoms with Gasteiger partial charge in [-0.05, 0) is 38.0 Å². The van der Waals surface area contributed by atoms with Crippen LogP contribution < -0.4 is 0 Å². The molecule has 0 radical (unpaired) electrons. The highest BCUT2D eigenvalue weighted by molar-refractivity contribution is 5.95. The normalized spacial score (nSPS) is 34.0. The van der Waals surface area contributed by atoms with Crippen LogP contribution in [0.25, 0.3) is 0 Å². The van der Waals surface area contributed by atoms with Gasteiger partial charge in [-0.2, -0.15) is 0 Å². The van der Waals surface area contributed by atoms with Crippen LogP contribution in [0.15, 0.2) is 11.1 Å². The van der Waals surface area contributed by atoms with Gasteiger partial charge in [0, 0.05) is 18.2 Å². The molecule has 0 aromatic carbocycles. The first-order chi connectivity index (χ1) is 8.07. The van der Waals surface area contributed by atoms with Crippen molar-refractivity contribution in [1.29, 1.82) is 0 Å². The molecule has 1 saturated heterocycles. The summed E-state index contributed by atoms with van der Waals surface area (Å²) in [4.78, 5) is 14.7. The van der Waals surface area contributed by atoms with Gasteiger partial charge in [0.2, 0.25) is 5.91 Å². The van der Waals surface area contributed by atoms with E-state index in [1.54, 1.807) is 0 Å². The third-order valence-corrected chi connectivity index (χ3v) is 4.69. The largest absolute Gasteiger partial charge is 0.335 e. The Morgan fingerprint density at radius 2 is 2.06 bits per heavy atom. The van der Waals surface area contributed by atoms with Crippen LogP contribution in [0, 0.1) is 11.8 Å². The van der Waals surface area contributed by atoms with Crippen molar-refractivity contribution in [2.75, 3.05) is 6.54 Å². The van der Waals surface area contributed by atoms with E-state index in [1.807, 2.05) is 0 Å². The molecule has 2 nitrogen and oxygen atoms in total. The molecule has 2 aliphatic rings. The van der Waals surface area contributed by atoms with Gasteiger partial charge in [-0.3, -0.25) is 4.79 Å². The fourth-order valence-electron chi connectivity index (χ4n) is 3.64. The molecule has 1 amide bonds. The first-order valence-electron chi connectivity index (χ1n) is 7.08. The van der Waals surface area contributed by atoms with Crippen LogP contribution in [0.2, 0.25) is 0 Å². The quantitative estimate of drug-likeness (QED) is 0.718. The fraction of sp³-hybridized carbons (Fsp3) is 0.800. The zero-order chi connectivity index (χ0) is 12.6. The lowest BCUT2D eigenvalue weighted by Gasteiger charge is -2.47. The van der Waals surface area contributed by atoms with E-state index in [9.17, 15) is 4.79 Å². The van der Waals surface area contributed by atoms with Gasteiger partial charge in [-0.15, -0.1) is 0 Å². The monoisotopic (exact) mass is 235 g/mol. The maximum atomic E-state index is 12.5. The summed E-state index contributed by atoms with van der Waals surface area (Å²) < 4.78 is 0. The van der Waals surface area contributed by atoms with Crippen LogP contribution in [0.3, 0.4) is 0 Å². The Morgan fingerprint density at radius 3 is 2.71 bits per heavy atom. The van der Waals surface area contributed by atoms with E-state index in [2.05, 4.69) is 32.6 Å². The van der Waals surface area contributed by atoms with E-state index in [0.717, 1.165) is 25.0 Å². The molecule has 0 spiro atoms. The summed E-state index contributed by atoms with van der Waals surface area (Å²) in [5, 5.41) is 0. The first kappa shape index (κ1) is 12.7. The first-order valence-corrected chi connectivity index (χ1v) is 7.08. The predicted molar refractivity (Wildman–Crippen MR) is 70.7 cm³/mol. The molecule has 2 heteroatoms. The Balaban J connectivity index is 2.35. The second kappa shape index (κ2) is 4.83. The van der Waals surface area contributed by atoms with Crippen molar-refractivity contribution in [3.05, 3.63) is 11.1 Å². The highest BCUT2D eigenvalue weighted by atomic mass is 16.2. The van der Waals surface area contributed by atoms with Gasteiger partial charge >= 0.3 is 0 Å². The van der Waals surface area contributed by atoms with Crippen LogP contribution in [-0.2, 0) is 4.79 Å². The third kappa shape index (κ3) is 2.02. The van der Waals surface area contributed by atoms with Crippen molar-refractivity contribution in [3.8, 4) is 0 Å². The van der Waals surface area contributed by atoms with E-state index in [-0.39, 0.29) is 0 Å². The molecule has 0 aromatic rings. The van der Waals surface area contributed by atoms with Gasteiger partial charge in [0.1, 0.15) is 0 Å². The Bertz CT molecular complexity index is 345. The van der Waals surface area contributed by atoms with Crippen LogP contribution in [0.4, 0.5) is 0 Å². The third-order valence-electron chi connectivity index (χ3n) is 4.69. The lowest BCUT2D eigenvalue weighted by atomic mass is 9.75. The van der Waals surface area contributed by atoms with Gasteiger partial charge in [0.25, 0.3) is 0 Å². The van der Waals surface area contributed by atoms with E-state index in [4.69, 9.17) is 0 Å². The molecule has 2 heterocycles. The van der Waals surface area contributed by atoms with Gasteiger partial charge in [0.15, 0.2) is 0 Å². The van der Waals surface area contributed by atoms with Crippen molar-refractivity contribution in [2.24, 2.45) is 11.8 Å². The number of nitrogens with zero attached hydrogens (tertiary/aromatic N) is 1. The van der Waals surface area contributed by atoms with E-state index >= 15 is 0 Å². The summed E-state index contributed by atoms with van der Waals surface area (Å²) in [6.07, 6.45) is 4.47. The van der Waals surface area contributed by atoms with Crippen LogP contribution in [0.1, 0.15) is 53.4 Å². The maximum Gasteiger partial charge on any atom is 0.250 e. The smallest absolute Gasteiger partial charge is 0.250 e. The minimum atomic E-state index is 0.332. The molecule has 1 fully saturated rings. The van der Waals surface area contributed by atoms with Crippen LogP contribution >= 0.6 is 0 Å². The number of rotatable bonds is 2. The molecule has 0 bridgehead atoms. The predicted octanol–water partition coefficient (Wildman–Crippen LogP) is 3.38. The Hall–Kier alpha value is -0.790. The number of hydrogen-bond donors (Lipinski definition) is 0. The Kier molecular flexibility index (Phi) is 3.60. The molecule has 96 valence electrons. The molecule has 3 atom stereocenters. The van der Waals surface area contributed by atoms with Crippen molar-refractivity contribution >= 4 is 5.91 Å². The van der Waals surface area contributed by atoms with Gasteiger partial charge in [0.05, 0.1) is 0 Å². The minimum Gasteiger partial charge on any atom is -0.335 e. The molecule has 0 saturated carbocycles. The number of piperidine rings is 1. The topological polar surface area (TPSA) is 20.3 Å². The maximum absolute atomic E-state index is 12.5. The molecule has 17 heavy (non-hydrogen) atoms. The molecular formula is C15H25NO. The number of fused-ring (bicyclic) bond motifs is 1. The average molecular weight is 235 g/mol. The van der Waals surface area contributed by atoms with E-state index < -0.39 is 0 Å². The van der Waals surface area contributed by atoms with Crippen LogP contribution in [0.5, 0.6) is 0 Å². The highest BCUT2D eigenvalue weighted by Crippen LogP contribution is 2.38. The lowest BCUT2D eigenvalue weighted by Crippen LogP contribution is -2.54. The Morgan fingerprint density at radius 1 is 1.35 bits per heavy atom.